The molecule has 0 saturated heterocycles. The van der Waals surface area contributed by atoms with Crippen molar-refractivity contribution in [2.24, 2.45) is 0 Å². The molecule has 0 spiro atoms. The zero-order valence-electron chi connectivity index (χ0n) is 9.35. The Morgan fingerprint density at radius 1 is 0.944 bits per heavy atom. The number of aromatic nitrogens is 1. The summed E-state index contributed by atoms with van der Waals surface area (Å²) in [4.78, 5) is 4.16. The molecule has 2 heterocycles. The SMILES string of the molecule is Clc1cc2c(cn1)sc1c3ccccc3ccc21. The highest BCUT2D eigenvalue weighted by Gasteiger charge is 2.08. The number of nitrogens with zero attached hydrogens (tertiary/aromatic N) is 1. The molecule has 4 rings (SSSR count). The van der Waals surface area contributed by atoms with Gasteiger partial charge in [-0.2, -0.15) is 0 Å². The van der Waals surface area contributed by atoms with E-state index in [1.54, 1.807) is 11.3 Å². The predicted molar refractivity (Wildman–Crippen MR) is 79.6 cm³/mol. The van der Waals surface area contributed by atoms with Crippen molar-refractivity contribution < 1.29 is 0 Å². The first-order chi connectivity index (χ1) is 8.83. The smallest absolute Gasteiger partial charge is 0.129 e. The van der Waals surface area contributed by atoms with Crippen LogP contribution in [-0.4, -0.2) is 4.98 Å². The lowest BCUT2D eigenvalue weighted by Gasteiger charge is -1.98. The van der Waals surface area contributed by atoms with E-state index in [1.165, 1.54) is 30.9 Å². The maximum Gasteiger partial charge on any atom is 0.129 e. The van der Waals surface area contributed by atoms with Crippen LogP contribution in [0.15, 0.2) is 48.7 Å². The predicted octanol–water partition coefficient (Wildman–Crippen LogP) is 5.26. The Hall–Kier alpha value is -1.64. The van der Waals surface area contributed by atoms with Gasteiger partial charge in [-0.3, -0.25) is 0 Å². The molecule has 0 unspecified atom stereocenters. The van der Waals surface area contributed by atoms with Crippen molar-refractivity contribution in [2.45, 2.75) is 0 Å². The summed E-state index contributed by atoms with van der Waals surface area (Å²) >= 11 is 7.77. The summed E-state index contributed by atoms with van der Waals surface area (Å²) in [7, 11) is 0. The molecule has 2 aromatic heterocycles. The lowest BCUT2D eigenvalue weighted by atomic mass is 10.1. The van der Waals surface area contributed by atoms with E-state index in [4.69, 9.17) is 11.6 Å². The Morgan fingerprint density at radius 2 is 1.83 bits per heavy atom. The van der Waals surface area contributed by atoms with Crippen molar-refractivity contribution in [2.75, 3.05) is 0 Å². The van der Waals surface area contributed by atoms with Crippen LogP contribution in [0.1, 0.15) is 0 Å². The summed E-state index contributed by atoms with van der Waals surface area (Å²) in [5.74, 6) is 0. The average molecular weight is 270 g/mol. The standard InChI is InChI=1S/C15H8ClNS/c16-14-7-12-11-6-5-9-3-1-2-4-10(9)15(11)18-13(12)8-17-14/h1-8H. The fourth-order valence-corrected chi connectivity index (χ4v) is 3.73. The van der Waals surface area contributed by atoms with Crippen LogP contribution >= 0.6 is 22.9 Å². The topological polar surface area (TPSA) is 12.9 Å². The van der Waals surface area contributed by atoms with Crippen LogP contribution < -0.4 is 0 Å². The highest BCUT2D eigenvalue weighted by molar-refractivity contribution is 7.26. The summed E-state index contributed by atoms with van der Waals surface area (Å²) in [6, 6.07) is 14.7. The van der Waals surface area contributed by atoms with E-state index in [1.807, 2.05) is 12.3 Å². The fraction of sp³-hybridized carbons (Fsp3) is 0. The third-order valence-electron chi connectivity index (χ3n) is 3.22. The summed E-state index contributed by atoms with van der Waals surface area (Å²) < 4.78 is 2.50. The van der Waals surface area contributed by atoms with Gasteiger partial charge in [0, 0.05) is 21.7 Å². The molecule has 0 aliphatic rings. The fourth-order valence-electron chi connectivity index (χ4n) is 2.38. The van der Waals surface area contributed by atoms with Gasteiger partial charge in [-0.1, -0.05) is 48.0 Å². The minimum Gasteiger partial charge on any atom is -0.243 e. The molecule has 0 atom stereocenters. The molecule has 0 N–H and O–H groups in total. The molecule has 0 amide bonds. The van der Waals surface area contributed by atoms with Gasteiger partial charge >= 0.3 is 0 Å². The molecule has 0 aliphatic heterocycles. The molecule has 0 radical (unpaired) electrons. The van der Waals surface area contributed by atoms with E-state index < -0.39 is 0 Å². The van der Waals surface area contributed by atoms with Crippen LogP contribution in [0, 0.1) is 0 Å². The second-order valence-corrected chi connectivity index (χ2v) is 5.71. The zero-order valence-corrected chi connectivity index (χ0v) is 10.9. The van der Waals surface area contributed by atoms with Crippen molar-refractivity contribution >= 4 is 53.9 Å². The van der Waals surface area contributed by atoms with Crippen molar-refractivity contribution in [1.82, 2.24) is 4.98 Å². The van der Waals surface area contributed by atoms with Gasteiger partial charge in [0.15, 0.2) is 0 Å². The van der Waals surface area contributed by atoms with Crippen LogP contribution in [0.25, 0.3) is 30.9 Å². The Bertz CT molecular complexity index is 895. The van der Waals surface area contributed by atoms with Crippen LogP contribution in [-0.2, 0) is 0 Å². The molecular formula is C15H8ClNS. The summed E-state index contributed by atoms with van der Waals surface area (Å²) in [6.07, 6.45) is 1.86. The maximum atomic E-state index is 5.99. The number of pyridine rings is 1. The van der Waals surface area contributed by atoms with Gasteiger partial charge in [-0.15, -0.1) is 11.3 Å². The Kier molecular flexibility index (Phi) is 2.10. The Labute approximate surface area is 113 Å². The first kappa shape index (κ1) is 10.3. The Morgan fingerprint density at radius 3 is 2.78 bits per heavy atom. The van der Waals surface area contributed by atoms with Crippen LogP contribution in [0.3, 0.4) is 0 Å². The molecule has 1 nitrogen and oxygen atoms in total. The van der Waals surface area contributed by atoms with Crippen molar-refractivity contribution in [3.63, 3.8) is 0 Å². The highest BCUT2D eigenvalue weighted by Crippen LogP contribution is 2.38. The van der Waals surface area contributed by atoms with Gasteiger partial charge in [-0.25, -0.2) is 4.98 Å². The zero-order chi connectivity index (χ0) is 12.1. The molecule has 0 fully saturated rings. The van der Waals surface area contributed by atoms with Gasteiger partial charge in [0.25, 0.3) is 0 Å². The van der Waals surface area contributed by atoms with Gasteiger partial charge in [0.1, 0.15) is 5.15 Å². The number of fused-ring (bicyclic) bond motifs is 5. The van der Waals surface area contributed by atoms with Crippen molar-refractivity contribution in [3.05, 3.63) is 53.8 Å². The molecule has 18 heavy (non-hydrogen) atoms. The first-order valence-electron chi connectivity index (χ1n) is 5.68. The molecule has 0 bridgehead atoms. The molecule has 2 aromatic carbocycles. The number of rotatable bonds is 0. The van der Waals surface area contributed by atoms with E-state index >= 15 is 0 Å². The van der Waals surface area contributed by atoms with Crippen LogP contribution in [0.5, 0.6) is 0 Å². The number of halogens is 1. The third-order valence-corrected chi connectivity index (χ3v) is 4.61. The van der Waals surface area contributed by atoms with Crippen LogP contribution in [0.2, 0.25) is 5.15 Å². The number of hydrogen-bond acceptors (Lipinski definition) is 2. The van der Waals surface area contributed by atoms with Crippen LogP contribution in [0.4, 0.5) is 0 Å². The van der Waals surface area contributed by atoms with Crippen molar-refractivity contribution in [1.29, 1.82) is 0 Å². The van der Waals surface area contributed by atoms with E-state index in [9.17, 15) is 0 Å². The summed E-state index contributed by atoms with van der Waals surface area (Å²) in [5.41, 5.74) is 0. The van der Waals surface area contributed by atoms with E-state index in [2.05, 4.69) is 41.4 Å². The minimum absolute atomic E-state index is 0.551. The van der Waals surface area contributed by atoms with Gasteiger partial charge in [0.05, 0.1) is 4.70 Å². The number of thiophene rings is 1. The molecule has 3 heteroatoms. The second kappa shape index (κ2) is 3.67. The largest absolute Gasteiger partial charge is 0.243 e. The van der Waals surface area contributed by atoms with E-state index in [-0.39, 0.29) is 0 Å². The molecule has 4 aromatic rings. The van der Waals surface area contributed by atoms with Crippen molar-refractivity contribution in [3.8, 4) is 0 Å². The third kappa shape index (κ3) is 1.36. The Balaban J connectivity index is 2.30. The second-order valence-electron chi connectivity index (χ2n) is 4.27. The highest BCUT2D eigenvalue weighted by atomic mass is 35.5. The van der Waals surface area contributed by atoms with Gasteiger partial charge < -0.3 is 0 Å². The summed E-state index contributed by atoms with van der Waals surface area (Å²) in [5, 5.41) is 5.58. The monoisotopic (exact) mass is 269 g/mol. The number of benzene rings is 2. The van der Waals surface area contributed by atoms with E-state index in [0.717, 1.165) is 0 Å². The average Bonchev–Trinajstić information content (AvgIpc) is 2.77. The summed E-state index contributed by atoms with van der Waals surface area (Å²) in [6.45, 7) is 0. The number of hydrogen-bond donors (Lipinski definition) is 0. The minimum atomic E-state index is 0.551. The maximum absolute atomic E-state index is 5.99. The lowest BCUT2D eigenvalue weighted by Crippen LogP contribution is -1.73. The molecule has 86 valence electrons. The first-order valence-corrected chi connectivity index (χ1v) is 6.88. The molecule has 0 aliphatic carbocycles. The quantitative estimate of drug-likeness (QED) is 0.397. The molecular weight excluding hydrogens is 262 g/mol. The lowest BCUT2D eigenvalue weighted by molar-refractivity contribution is 1.37. The normalized spacial score (nSPS) is 11.6. The van der Waals surface area contributed by atoms with Gasteiger partial charge in [-0.05, 0) is 16.8 Å². The molecule has 0 saturated carbocycles. The van der Waals surface area contributed by atoms with E-state index in [0.29, 0.717) is 5.15 Å². The van der Waals surface area contributed by atoms with Gasteiger partial charge in [0.2, 0.25) is 0 Å².